The lowest BCUT2D eigenvalue weighted by atomic mass is 10.2. The molecule has 0 saturated heterocycles. The van der Waals surface area contributed by atoms with Gasteiger partial charge in [0.05, 0.1) is 0 Å². The van der Waals surface area contributed by atoms with Gasteiger partial charge < -0.3 is 14.6 Å². The molecule has 2 fully saturated rings. The Balaban J connectivity index is 0.000000180. The Bertz CT molecular complexity index is 265. The minimum atomic E-state index is -1.12. The summed E-state index contributed by atoms with van der Waals surface area (Å²) in [5, 5.41) is 9.24. The van der Waals surface area contributed by atoms with E-state index in [2.05, 4.69) is 4.74 Å². The summed E-state index contributed by atoms with van der Waals surface area (Å²) in [6.45, 7) is 1.78. The summed E-state index contributed by atoms with van der Waals surface area (Å²) < 4.78 is 9.44. The van der Waals surface area contributed by atoms with Gasteiger partial charge in [-0.3, -0.25) is 9.59 Å². The van der Waals surface area contributed by atoms with Crippen molar-refractivity contribution < 1.29 is 24.2 Å². The van der Waals surface area contributed by atoms with Crippen LogP contribution in [0.5, 0.6) is 0 Å². The van der Waals surface area contributed by atoms with E-state index in [4.69, 9.17) is 4.74 Å². The van der Waals surface area contributed by atoms with Gasteiger partial charge in [-0.25, -0.2) is 0 Å². The molecule has 1 N–H and O–H groups in total. The zero-order chi connectivity index (χ0) is 13.4. The van der Waals surface area contributed by atoms with Crippen LogP contribution in [-0.4, -0.2) is 29.4 Å². The van der Waals surface area contributed by atoms with Crippen molar-refractivity contribution in [1.29, 1.82) is 0 Å². The first-order valence-electron chi connectivity index (χ1n) is 6.57. The number of carbonyl (C=O) groups is 2. The lowest BCUT2D eigenvalue weighted by Crippen LogP contribution is -2.27. The first-order valence-corrected chi connectivity index (χ1v) is 6.57. The van der Waals surface area contributed by atoms with E-state index >= 15 is 0 Å². The van der Waals surface area contributed by atoms with Crippen molar-refractivity contribution in [2.24, 2.45) is 0 Å². The molecule has 0 spiro atoms. The number of ether oxygens (including phenoxy) is 2. The minimum Gasteiger partial charge on any atom is -0.463 e. The normalized spacial score (nSPS) is 21.9. The average Bonchev–Trinajstić information content (AvgIpc) is 2.91. The van der Waals surface area contributed by atoms with Crippen LogP contribution in [0.2, 0.25) is 0 Å². The molecule has 0 atom stereocenters. The molecule has 18 heavy (non-hydrogen) atoms. The Kier molecular flexibility index (Phi) is 6.12. The SMILES string of the molecule is CC(=O)OC1CCCC1.O=COC1(O)CCCC1. The van der Waals surface area contributed by atoms with Crippen molar-refractivity contribution in [3.05, 3.63) is 0 Å². The molecule has 5 heteroatoms. The largest absolute Gasteiger partial charge is 0.463 e. The van der Waals surface area contributed by atoms with Gasteiger partial charge in [-0.2, -0.15) is 0 Å². The fourth-order valence-corrected chi connectivity index (χ4v) is 2.38. The van der Waals surface area contributed by atoms with E-state index in [0.29, 0.717) is 19.3 Å². The highest BCUT2D eigenvalue weighted by Crippen LogP contribution is 2.29. The van der Waals surface area contributed by atoms with Crippen molar-refractivity contribution in [3.63, 3.8) is 0 Å². The van der Waals surface area contributed by atoms with Gasteiger partial charge in [0, 0.05) is 19.8 Å². The van der Waals surface area contributed by atoms with Crippen molar-refractivity contribution in [1.82, 2.24) is 0 Å². The molecule has 2 saturated carbocycles. The second-order valence-electron chi connectivity index (χ2n) is 4.88. The standard InChI is InChI=1S/C7H12O2.C6H10O3/c1-6(8)9-7-4-2-3-5-7;7-5-9-6(8)3-1-2-4-6/h7H,2-5H2,1H3;5,8H,1-4H2. The average molecular weight is 258 g/mol. The van der Waals surface area contributed by atoms with Crippen LogP contribution in [0.25, 0.3) is 0 Å². The monoisotopic (exact) mass is 258 g/mol. The molecular weight excluding hydrogens is 236 g/mol. The predicted octanol–water partition coefficient (Wildman–Crippen LogP) is 1.91. The number of esters is 1. The molecule has 0 aliphatic heterocycles. The van der Waals surface area contributed by atoms with Gasteiger partial charge in [0.15, 0.2) is 0 Å². The van der Waals surface area contributed by atoms with E-state index in [0.717, 1.165) is 25.7 Å². The highest BCUT2D eigenvalue weighted by atomic mass is 16.6. The molecule has 0 aromatic heterocycles. The van der Waals surface area contributed by atoms with Crippen LogP contribution in [-0.2, 0) is 19.1 Å². The highest BCUT2D eigenvalue weighted by molar-refractivity contribution is 5.66. The van der Waals surface area contributed by atoms with E-state index in [1.165, 1.54) is 19.8 Å². The molecular formula is C13H22O5. The number of aliphatic hydroxyl groups is 1. The molecule has 2 rings (SSSR count). The first kappa shape index (κ1) is 15.0. The quantitative estimate of drug-likeness (QED) is 0.475. The van der Waals surface area contributed by atoms with Crippen molar-refractivity contribution in [2.45, 2.75) is 70.2 Å². The molecule has 2 aliphatic carbocycles. The van der Waals surface area contributed by atoms with Crippen molar-refractivity contribution in [3.8, 4) is 0 Å². The molecule has 2 aliphatic rings. The third-order valence-corrected chi connectivity index (χ3v) is 3.29. The zero-order valence-corrected chi connectivity index (χ0v) is 10.9. The lowest BCUT2D eigenvalue weighted by molar-refractivity contribution is -0.192. The van der Waals surface area contributed by atoms with Crippen LogP contribution < -0.4 is 0 Å². The summed E-state index contributed by atoms with van der Waals surface area (Å²) in [5.74, 6) is -1.26. The molecule has 5 nitrogen and oxygen atoms in total. The molecule has 0 aromatic rings. The van der Waals surface area contributed by atoms with Crippen molar-refractivity contribution in [2.75, 3.05) is 0 Å². The smallest absolute Gasteiger partial charge is 0.302 e. The van der Waals surface area contributed by atoms with Gasteiger partial charge in [-0.05, 0) is 38.5 Å². The fourth-order valence-electron chi connectivity index (χ4n) is 2.38. The molecule has 0 heterocycles. The molecule has 0 radical (unpaired) electrons. The Morgan fingerprint density at radius 2 is 1.78 bits per heavy atom. The second kappa shape index (κ2) is 7.36. The van der Waals surface area contributed by atoms with E-state index < -0.39 is 5.79 Å². The molecule has 0 amide bonds. The predicted molar refractivity (Wildman–Crippen MR) is 64.6 cm³/mol. The maximum atomic E-state index is 10.4. The summed E-state index contributed by atoms with van der Waals surface area (Å²) in [4.78, 5) is 20.2. The summed E-state index contributed by atoms with van der Waals surface area (Å²) in [7, 11) is 0. The van der Waals surface area contributed by atoms with E-state index in [-0.39, 0.29) is 12.1 Å². The Labute approximate surface area is 107 Å². The van der Waals surface area contributed by atoms with Crippen LogP contribution in [0.1, 0.15) is 58.3 Å². The van der Waals surface area contributed by atoms with Crippen LogP contribution in [0.3, 0.4) is 0 Å². The maximum Gasteiger partial charge on any atom is 0.302 e. The maximum absolute atomic E-state index is 10.4. The lowest BCUT2D eigenvalue weighted by Gasteiger charge is -2.18. The number of rotatable bonds is 3. The summed E-state index contributed by atoms with van der Waals surface area (Å²) in [5.41, 5.74) is 0. The molecule has 104 valence electrons. The summed E-state index contributed by atoms with van der Waals surface area (Å²) in [6, 6.07) is 0. The Hall–Kier alpha value is -1.10. The summed E-state index contributed by atoms with van der Waals surface area (Å²) in [6.07, 6.45) is 7.89. The summed E-state index contributed by atoms with van der Waals surface area (Å²) >= 11 is 0. The van der Waals surface area contributed by atoms with Gasteiger partial charge in [0.25, 0.3) is 6.47 Å². The number of carbonyl (C=O) groups excluding carboxylic acids is 2. The molecule has 0 aromatic carbocycles. The third kappa shape index (κ3) is 5.49. The van der Waals surface area contributed by atoms with E-state index in [1.807, 2.05) is 0 Å². The highest BCUT2D eigenvalue weighted by Gasteiger charge is 2.32. The third-order valence-electron chi connectivity index (χ3n) is 3.29. The van der Waals surface area contributed by atoms with E-state index in [1.54, 1.807) is 0 Å². The second-order valence-corrected chi connectivity index (χ2v) is 4.88. The zero-order valence-electron chi connectivity index (χ0n) is 10.9. The van der Waals surface area contributed by atoms with Crippen LogP contribution in [0, 0.1) is 0 Å². The van der Waals surface area contributed by atoms with Gasteiger partial charge in [0.1, 0.15) is 6.10 Å². The number of hydrogen-bond donors (Lipinski definition) is 1. The van der Waals surface area contributed by atoms with Crippen LogP contribution >= 0.6 is 0 Å². The number of hydrogen-bond acceptors (Lipinski definition) is 5. The topological polar surface area (TPSA) is 72.8 Å². The van der Waals surface area contributed by atoms with Gasteiger partial charge >= 0.3 is 5.97 Å². The first-order chi connectivity index (χ1) is 8.56. The van der Waals surface area contributed by atoms with Gasteiger partial charge in [0.2, 0.25) is 5.79 Å². The Morgan fingerprint density at radius 1 is 1.22 bits per heavy atom. The van der Waals surface area contributed by atoms with Gasteiger partial charge in [-0.15, -0.1) is 0 Å². The van der Waals surface area contributed by atoms with Crippen LogP contribution in [0.4, 0.5) is 0 Å². The van der Waals surface area contributed by atoms with Gasteiger partial charge in [-0.1, -0.05) is 0 Å². The minimum absolute atomic E-state index is 0.137. The fraction of sp³-hybridized carbons (Fsp3) is 0.846. The Morgan fingerprint density at radius 3 is 2.22 bits per heavy atom. The molecule has 0 bridgehead atoms. The van der Waals surface area contributed by atoms with E-state index in [9.17, 15) is 14.7 Å². The van der Waals surface area contributed by atoms with Crippen LogP contribution in [0.15, 0.2) is 0 Å². The van der Waals surface area contributed by atoms with Crippen molar-refractivity contribution >= 4 is 12.4 Å². The molecule has 0 unspecified atom stereocenters.